The predicted octanol–water partition coefficient (Wildman–Crippen LogP) is 4.94. The predicted molar refractivity (Wildman–Crippen MR) is 102 cm³/mol. The van der Waals surface area contributed by atoms with E-state index in [0.29, 0.717) is 6.61 Å². The first kappa shape index (κ1) is 15.3. The van der Waals surface area contributed by atoms with Crippen LogP contribution in [0.25, 0.3) is 0 Å². The van der Waals surface area contributed by atoms with Crippen molar-refractivity contribution in [3.8, 4) is 0 Å². The Morgan fingerprint density at radius 3 is 2.44 bits per heavy atom. The third kappa shape index (κ3) is 3.25. The lowest BCUT2D eigenvalue weighted by Gasteiger charge is -2.19. The molecule has 1 saturated heterocycles. The number of hydrogen-bond donors (Lipinski definition) is 0. The summed E-state index contributed by atoms with van der Waals surface area (Å²) in [6, 6.07) is 19.7. The Morgan fingerprint density at radius 2 is 1.84 bits per heavy atom. The standard InChI is InChI=1S/C21H22N2OS/c1-15-14-25-21(22-15)20-19(17-11-7-4-8-12-17)23(20)18(13-24-2)16-9-5-3-6-10-16/h3-12,14,18-20H,13H2,1-2H3/t18-,19-,20-,23?/m1/s1/i20D. The van der Waals surface area contributed by atoms with E-state index in [-0.39, 0.29) is 12.1 Å². The van der Waals surface area contributed by atoms with Crippen molar-refractivity contribution in [3.05, 3.63) is 87.9 Å². The molecule has 3 nitrogen and oxygen atoms in total. The molecular weight excluding hydrogens is 328 g/mol. The van der Waals surface area contributed by atoms with Crippen LogP contribution in [-0.4, -0.2) is 23.6 Å². The number of thiazole rings is 1. The second-order valence-electron chi connectivity index (χ2n) is 6.28. The van der Waals surface area contributed by atoms with Gasteiger partial charge in [0, 0.05) is 18.2 Å². The summed E-state index contributed by atoms with van der Waals surface area (Å²) in [5.41, 5.74) is 3.28. The van der Waals surface area contributed by atoms with Gasteiger partial charge in [-0.2, -0.15) is 0 Å². The molecule has 2 heterocycles. The van der Waals surface area contributed by atoms with Crippen LogP contribution in [0.15, 0.2) is 66.0 Å². The number of aryl methyl sites for hydroxylation is 1. The van der Waals surface area contributed by atoms with Crippen molar-refractivity contribution in [3.63, 3.8) is 0 Å². The number of aromatic nitrogens is 1. The van der Waals surface area contributed by atoms with Gasteiger partial charge in [-0.1, -0.05) is 60.7 Å². The molecule has 0 saturated carbocycles. The molecule has 0 amide bonds. The zero-order valence-electron chi connectivity index (χ0n) is 15.4. The highest BCUT2D eigenvalue weighted by Crippen LogP contribution is 2.59. The van der Waals surface area contributed by atoms with Crippen molar-refractivity contribution in [1.29, 1.82) is 0 Å². The maximum Gasteiger partial charge on any atom is 0.112 e. The molecule has 3 aromatic rings. The van der Waals surface area contributed by atoms with Crippen LogP contribution in [0.4, 0.5) is 0 Å². The molecule has 0 spiro atoms. The number of rotatable bonds is 6. The summed E-state index contributed by atoms with van der Waals surface area (Å²) in [6.07, 6.45) is 0. The van der Waals surface area contributed by atoms with Gasteiger partial charge >= 0.3 is 0 Å². The number of nitrogens with zero attached hydrogens (tertiary/aromatic N) is 2. The van der Waals surface area contributed by atoms with Gasteiger partial charge in [0.15, 0.2) is 0 Å². The first-order valence-electron chi connectivity index (χ1n) is 8.96. The van der Waals surface area contributed by atoms with Crippen LogP contribution >= 0.6 is 11.3 Å². The van der Waals surface area contributed by atoms with Crippen molar-refractivity contribution in [2.24, 2.45) is 0 Å². The van der Waals surface area contributed by atoms with Crippen LogP contribution in [-0.2, 0) is 4.74 Å². The Bertz CT molecular complexity index is 870. The summed E-state index contributed by atoms with van der Waals surface area (Å²) in [6.45, 7) is 2.52. The zero-order valence-corrected chi connectivity index (χ0v) is 15.2. The van der Waals surface area contributed by atoms with Gasteiger partial charge in [0.25, 0.3) is 0 Å². The fourth-order valence-electron chi connectivity index (χ4n) is 3.38. The first-order valence-corrected chi connectivity index (χ1v) is 9.34. The fraction of sp³-hybridized carbons (Fsp3) is 0.286. The van der Waals surface area contributed by atoms with E-state index in [1.54, 1.807) is 18.4 Å². The topological polar surface area (TPSA) is 25.1 Å². The lowest BCUT2D eigenvalue weighted by molar-refractivity contribution is 0.135. The van der Waals surface area contributed by atoms with Gasteiger partial charge in [0.1, 0.15) is 5.01 Å². The van der Waals surface area contributed by atoms with E-state index in [1.165, 1.54) is 0 Å². The summed E-state index contributed by atoms with van der Waals surface area (Å²) in [5.74, 6) is 0. The normalized spacial score (nSPS) is 26.9. The molecule has 1 fully saturated rings. The Labute approximate surface area is 154 Å². The molecule has 0 radical (unpaired) electrons. The lowest BCUT2D eigenvalue weighted by atomic mass is 10.1. The van der Waals surface area contributed by atoms with E-state index < -0.39 is 6.02 Å². The highest BCUT2D eigenvalue weighted by molar-refractivity contribution is 7.09. The number of benzene rings is 2. The third-order valence-electron chi connectivity index (χ3n) is 4.55. The molecule has 2 aromatic carbocycles. The minimum atomic E-state index is -0.862. The van der Waals surface area contributed by atoms with Crippen molar-refractivity contribution in [2.45, 2.75) is 25.0 Å². The van der Waals surface area contributed by atoms with Gasteiger partial charge < -0.3 is 4.74 Å². The Kier molecular flexibility index (Phi) is 4.32. The molecule has 0 bridgehead atoms. The molecule has 1 aliphatic rings. The van der Waals surface area contributed by atoms with E-state index in [2.05, 4.69) is 34.1 Å². The van der Waals surface area contributed by atoms with Crippen LogP contribution in [0, 0.1) is 6.92 Å². The van der Waals surface area contributed by atoms with Crippen LogP contribution in [0.2, 0.25) is 0 Å². The molecule has 1 aromatic heterocycles. The van der Waals surface area contributed by atoms with Gasteiger partial charge in [-0.15, -0.1) is 11.3 Å². The highest BCUT2D eigenvalue weighted by Gasteiger charge is 2.54. The molecular formula is C21H22N2OS. The Morgan fingerprint density at radius 1 is 1.16 bits per heavy atom. The summed E-state index contributed by atoms with van der Waals surface area (Å²) in [5, 5.41) is 2.87. The SMILES string of the molecule is [2H][C@]1(c2nc(C)cs2)[C@@H](c2ccccc2)N1[C@H](COC)c1ccccc1. The van der Waals surface area contributed by atoms with Gasteiger partial charge in [0.2, 0.25) is 0 Å². The second-order valence-corrected chi connectivity index (χ2v) is 7.14. The Balaban J connectivity index is 1.78. The summed E-state index contributed by atoms with van der Waals surface area (Å²) < 4.78 is 14.9. The van der Waals surface area contributed by atoms with Crippen LogP contribution in [0.3, 0.4) is 0 Å². The summed E-state index contributed by atoms with van der Waals surface area (Å²) in [4.78, 5) is 6.88. The average Bonchev–Trinajstić information content (AvgIpc) is 3.05. The minimum absolute atomic E-state index is 0.00751. The fourth-order valence-corrected chi connectivity index (χ4v) is 4.25. The van der Waals surface area contributed by atoms with E-state index in [0.717, 1.165) is 21.8 Å². The summed E-state index contributed by atoms with van der Waals surface area (Å²) >= 11 is 1.57. The molecule has 128 valence electrons. The minimum Gasteiger partial charge on any atom is -0.383 e. The monoisotopic (exact) mass is 351 g/mol. The summed E-state index contributed by atoms with van der Waals surface area (Å²) in [7, 11) is 1.72. The number of ether oxygens (including phenoxy) is 1. The molecule has 1 aliphatic heterocycles. The van der Waals surface area contributed by atoms with Crippen LogP contribution in [0.5, 0.6) is 0 Å². The van der Waals surface area contributed by atoms with Crippen molar-refractivity contribution in [2.75, 3.05) is 13.7 Å². The largest absolute Gasteiger partial charge is 0.383 e. The van der Waals surface area contributed by atoms with Gasteiger partial charge in [-0.25, -0.2) is 4.98 Å². The van der Waals surface area contributed by atoms with Crippen LogP contribution < -0.4 is 0 Å². The lowest BCUT2D eigenvalue weighted by Crippen LogP contribution is -2.16. The van der Waals surface area contributed by atoms with Crippen molar-refractivity contribution in [1.82, 2.24) is 9.88 Å². The molecule has 0 N–H and O–H groups in total. The van der Waals surface area contributed by atoms with Gasteiger partial charge in [-0.3, -0.25) is 4.90 Å². The molecule has 4 heteroatoms. The quantitative estimate of drug-likeness (QED) is 0.588. The molecule has 4 rings (SSSR count). The average molecular weight is 351 g/mol. The van der Waals surface area contributed by atoms with E-state index in [9.17, 15) is 1.37 Å². The van der Waals surface area contributed by atoms with E-state index in [4.69, 9.17) is 4.74 Å². The second kappa shape index (κ2) is 7.08. The number of methoxy groups -OCH3 is 1. The Hall–Kier alpha value is -2.01. The molecule has 1 unspecified atom stereocenters. The van der Waals surface area contributed by atoms with Gasteiger partial charge in [-0.05, 0) is 18.1 Å². The van der Waals surface area contributed by atoms with E-state index in [1.807, 2.05) is 48.7 Å². The molecule has 0 aliphatic carbocycles. The van der Waals surface area contributed by atoms with Gasteiger partial charge in [0.05, 0.1) is 26.1 Å². The maximum absolute atomic E-state index is 9.33. The zero-order chi connectivity index (χ0) is 18.1. The first-order chi connectivity index (χ1) is 12.7. The van der Waals surface area contributed by atoms with Crippen molar-refractivity contribution >= 4 is 11.3 Å². The third-order valence-corrected chi connectivity index (χ3v) is 5.53. The van der Waals surface area contributed by atoms with E-state index >= 15 is 0 Å². The smallest absolute Gasteiger partial charge is 0.112 e. The van der Waals surface area contributed by atoms with Crippen LogP contribution in [0.1, 0.15) is 41.3 Å². The highest BCUT2D eigenvalue weighted by atomic mass is 32.1. The number of hydrogen-bond acceptors (Lipinski definition) is 4. The van der Waals surface area contributed by atoms with Crippen molar-refractivity contribution < 1.29 is 6.11 Å². The maximum atomic E-state index is 9.33. The molecule has 25 heavy (non-hydrogen) atoms. The molecule has 4 atom stereocenters.